The number of methoxy groups -OCH3 is 1. The van der Waals surface area contributed by atoms with Crippen LogP contribution in [0.15, 0.2) is 46.0 Å². The molecule has 1 aromatic carbocycles. The molecule has 0 radical (unpaired) electrons. The maximum atomic E-state index is 5.60. The van der Waals surface area contributed by atoms with Crippen molar-refractivity contribution in [3.8, 4) is 11.5 Å². The van der Waals surface area contributed by atoms with Crippen LogP contribution in [0.25, 0.3) is 11.5 Å². The number of nitrogens with zero attached hydrogens (tertiary/aromatic N) is 3. The first-order chi connectivity index (χ1) is 13.8. The van der Waals surface area contributed by atoms with Crippen molar-refractivity contribution in [2.75, 3.05) is 39.9 Å². The van der Waals surface area contributed by atoms with E-state index < -0.39 is 0 Å². The minimum atomic E-state index is 0.439. The molecule has 0 unspecified atom stereocenters. The molecule has 1 aliphatic heterocycles. The minimum Gasteiger partial charge on any atom is -0.444 e. The molecular formula is C21H31N5O2. The highest BCUT2D eigenvalue weighted by atomic mass is 16.5. The van der Waals surface area contributed by atoms with Crippen LogP contribution < -0.4 is 10.6 Å². The van der Waals surface area contributed by atoms with Gasteiger partial charge in [-0.3, -0.25) is 0 Å². The molecule has 0 bridgehead atoms. The number of likely N-dealkylation sites (tertiary alicyclic amines) is 1. The molecule has 0 atom stereocenters. The fraction of sp³-hybridized carbons (Fsp3) is 0.524. The van der Waals surface area contributed by atoms with Gasteiger partial charge in [0.15, 0.2) is 5.96 Å². The number of guanidine groups is 1. The van der Waals surface area contributed by atoms with Gasteiger partial charge in [-0.2, -0.15) is 0 Å². The summed E-state index contributed by atoms with van der Waals surface area (Å²) in [5.41, 5.74) is 1.80. The lowest BCUT2D eigenvalue weighted by molar-refractivity contribution is 0.128. The van der Waals surface area contributed by atoms with Gasteiger partial charge in [0.25, 0.3) is 0 Å². The van der Waals surface area contributed by atoms with E-state index in [0.717, 1.165) is 62.8 Å². The molecule has 1 aliphatic rings. The van der Waals surface area contributed by atoms with Crippen molar-refractivity contribution in [3.05, 3.63) is 42.3 Å². The first-order valence-electron chi connectivity index (χ1n) is 10.0. The highest BCUT2D eigenvalue weighted by Gasteiger charge is 2.19. The van der Waals surface area contributed by atoms with E-state index in [1.54, 1.807) is 13.4 Å². The summed E-state index contributed by atoms with van der Waals surface area (Å²) in [6.45, 7) is 7.37. The highest BCUT2D eigenvalue weighted by Crippen LogP contribution is 2.18. The van der Waals surface area contributed by atoms with Crippen LogP contribution in [0.3, 0.4) is 0 Å². The van der Waals surface area contributed by atoms with Crippen LogP contribution in [-0.2, 0) is 11.3 Å². The Bertz CT molecular complexity index is 723. The lowest BCUT2D eigenvalue weighted by Crippen LogP contribution is -2.49. The van der Waals surface area contributed by atoms with Crippen molar-refractivity contribution in [1.29, 1.82) is 0 Å². The SMILES string of the molecule is CCNC(=NCc1coc(-c2ccccc2)n1)NC1CCN(CCOC)CC1. The Morgan fingerprint density at radius 2 is 2.07 bits per heavy atom. The first kappa shape index (κ1) is 20.4. The van der Waals surface area contributed by atoms with Crippen molar-refractivity contribution < 1.29 is 9.15 Å². The second kappa shape index (κ2) is 10.8. The number of oxazole rings is 1. The van der Waals surface area contributed by atoms with E-state index in [2.05, 4.69) is 27.4 Å². The van der Waals surface area contributed by atoms with Crippen molar-refractivity contribution >= 4 is 5.96 Å². The Labute approximate surface area is 167 Å². The number of piperidine rings is 1. The number of rotatable bonds is 8. The third kappa shape index (κ3) is 6.07. The summed E-state index contributed by atoms with van der Waals surface area (Å²) in [6.07, 6.45) is 3.90. The minimum absolute atomic E-state index is 0.439. The summed E-state index contributed by atoms with van der Waals surface area (Å²) in [5.74, 6) is 1.47. The third-order valence-corrected chi connectivity index (χ3v) is 4.86. The molecular weight excluding hydrogens is 354 g/mol. The number of nitrogens with one attached hydrogen (secondary N) is 2. The van der Waals surface area contributed by atoms with E-state index in [4.69, 9.17) is 14.1 Å². The predicted octanol–water partition coefficient (Wildman–Crippen LogP) is 2.51. The van der Waals surface area contributed by atoms with Gasteiger partial charge in [0.05, 0.1) is 13.2 Å². The number of hydrogen-bond acceptors (Lipinski definition) is 5. The summed E-state index contributed by atoms with van der Waals surface area (Å²) in [6, 6.07) is 10.4. The molecule has 0 amide bonds. The molecule has 2 heterocycles. The number of aromatic nitrogens is 1. The summed E-state index contributed by atoms with van der Waals surface area (Å²) >= 11 is 0. The van der Waals surface area contributed by atoms with Gasteiger partial charge < -0.3 is 24.7 Å². The van der Waals surface area contributed by atoms with Gasteiger partial charge in [0, 0.05) is 44.9 Å². The highest BCUT2D eigenvalue weighted by molar-refractivity contribution is 5.80. The van der Waals surface area contributed by atoms with Crippen LogP contribution in [0.5, 0.6) is 0 Å². The molecule has 7 nitrogen and oxygen atoms in total. The number of hydrogen-bond donors (Lipinski definition) is 2. The molecule has 1 aromatic heterocycles. The summed E-state index contributed by atoms with van der Waals surface area (Å²) in [4.78, 5) is 11.7. The number of ether oxygens (including phenoxy) is 1. The van der Waals surface area contributed by atoms with Crippen LogP contribution in [0, 0.1) is 0 Å². The summed E-state index contributed by atoms with van der Waals surface area (Å²) < 4.78 is 10.8. The molecule has 2 N–H and O–H groups in total. The smallest absolute Gasteiger partial charge is 0.226 e. The maximum Gasteiger partial charge on any atom is 0.226 e. The Kier molecular flexibility index (Phi) is 7.87. The zero-order chi connectivity index (χ0) is 19.6. The van der Waals surface area contributed by atoms with E-state index in [1.165, 1.54) is 0 Å². The zero-order valence-corrected chi connectivity index (χ0v) is 16.9. The molecule has 1 fully saturated rings. The Morgan fingerprint density at radius 1 is 1.29 bits per heavy atom. The largest absolute Gasteiger partial charge is 0.444 e. The third-order valence-electron chi connectivity index (χ3n) is 4.86. The van der Waals surface area contributed by atoms with Crippen LogP contribution >= 0.6 is 0 Å². The van der Waals surface area contributed by atoms with Crippen molar-refractivity contribution in [2.45, 2.75) is 32.4 Å². The van der Waals surface area contributed by atoms with E-state index in [9.17, 15) is 0 Å². The lowest BCUT2D eigenvalue weighted by Gasteiger charge is -2.32. The second-order valence-electron chi connectivity index (χ2n) is 6.96. The van der Waals surface area contributed by atoms with E-state index in [0.29, 0.717) is 18.5 Å². The van der Waals surface area contributed by atoms with Gasteiger partial charge >= 0.3 is 0 Å². The molecule has 0 spiro atoms. The van der Waals surface area contributed by atoms with Crippen molar-refractivity contribution in [1.82, 2.24) is 20.5 Å². The Balaban J connectivity index is 1.53. The number of aliphatic imine (C=N–C) groups is 1. The van der Waals surface area contributed by atoms with Crippen LogP contribution in [0.1, 0.15) is 25.5 Å². The first-order valence-corrected chi connectivity index (χ1v) is 10.0. The fourth-order valence-electron chi connectivity index (χ4n) is 3.29. The topological polar surface area (TPSA) is 74.9 Å². The fourth-order valence-corrected chi connectivity index (χ4v) is 3.29. The van der Waals surface area contributed by atoms with Crippen LogP contribution in [0.2, 0.25) is 0 Å². The van der Waals surface area contributed by atoms with E-state index in [-0.39, 0.29) is 0 Å². The van der Waals surface area contributed by atoms with Gasteiger partial charge in [-0.25, -0.2) is 9.98 Å². The summed E-state index contributed by atoms with van der Waals surface area (Å²) in [7, 11) is 1.76. The van der Waals surface area contributed by atoms with Crippen LogP contribution in [0.4, 0.5) is 0 Å². The Morgan fingerprint density at radius 3 is 2.79 bits per heavy atom. The zero-order valence-electron chi connectivity index (χ0n) is 16.9. The Hall–Kier alpha value is -2.38. The predicted molar refractivity (Wildman–Crippen MR) is 111 cm³/mol. The average molecular weight is 386 g/mol. The standard InChI is InChI=1S/C21H31N5O2/c1-3-22-21(25-18-9-11-26(12-10-18)13-14-27-2)23-15-19-16-28-20(24-19)17-7-5-4-6-8-17/h4-8,16,18H,3,9-15H2,1-2H3,(H2,22,23,25). The molecule has 152 valence electrons. The van der Waals surface area contributed by atoms with Gasteiger partial charge in [0.1, 0.15) is 12.0 Å². The van der Waals surface area contributed by atoms with Crippen molar-refractivity contribution in [2.24, 2.45) is 4.99 Å². The molecule has 7 heteroatoms. The quantitative estimate of drug-likeness (QED) is 0.537. The lowest BCUT2D eigenvalue weighted by atomic mass is 10.1. The van der Waals surface area contributed by atoms with Gasteiger partial charge in [-0.1, -0.05) is 18.2 Å². The average Bonchev–Trinajstić information content (AvgIpc) is 3.21. The molecule has 2 aromatic rings. The van der Waals surface area contributed by atoms with Gasteiger partial charge in [-0.15, -0.1) is 0 Å². The van der Waals surface area contributed by atoms with Crippen molar-refractivity contribution in [3.63, 3.8) is 0 Å². The van der Waals surface area contributed by atoms with Gasteiger partial charge in [0.2, 0.25) is 5.89 Å². The van der Waals surface area contributed by atoms with E-state index >= 15 is 0 Å². The monoisotopic (exact) mass is 385 g/mol. The molecule has 0 aliphatic carbocycles. The molecule has 0 saturated carbocycles. The van der Waals surface area contributed by atoms with Crippen LogP contribution in [-0.4, -0.2) is 61.8 Å². The molecule has 3 rings (SSSR count). The molecule has 1 saturated heterocycles. The molecule has 28 heavy (non-hydrogen) atoms. The number of benzene rings is 1. The van der Waals surface area contributed by atoms with E-state index in [1.807, 2.05) is 30.3 Å². The maximum absolute atomic E-state index is 5.60. The normalized spacial score (nSPS) is 16.3. The second-order valence-corrected chi connectivity index (χ2v) is 6.96. The summed E-state index contributed by atoms with van der Waals surface area (Å²) in [5, 5.41) is 6.90. The van der Waals surface area contributed by atoms with Gasteiger partial charge in [-0.05, 0) is 31.9 Å².